The Morgan fingerprint density at radius 3 is 2.64 bits per heavy atom. The number of para-hydroxylation sites is 1. The molecule has 0 radical (unpaired) electrons. The molecule has 1 N–H and O–H groups in total. The van der Waals surface area contributed by atoms with E-state index in [1.807, 2.05) is 71.8 Å². The summed E-state index contributed by atoms with van der Waals surface area (Å²) in [6.45, 7) is 6.36. The van der Waals surface area contributed by atoms with Gasteiger partial charge in [-0.05, 0) is 42.2 Å². The number of amides is 1. The third-order valence-corrected chi connectivity index (χ3v) is 7.64. The predicted molar refractivity (Wildman–Crippen MR) is 150 cm³/mol. The van der Waals surface area contributed by atoms with Crippen LogP contribution >= 0.6 is 11.8 Å². The minimum Gasteiger partial charge on any atom is -0.466 e. The Kier molecular flexibility index (Phi) is 8.65. The number of esters is 1. The van der Waals surface area contributed by atoms with Gasteiger partial charge in [0.2, 0.25) is 5.91 Å². The molecule has 1 atom stereocenters. The summed E-state index contributed by atoms with van der Waals surface area (Å²) >= 11 is 1.45. The number of amidine groups is 1. The van der Waals surface area contributed by atoms with Crippen molar-refractivity contribution in [3.8, 4) is 11.5 Å². The van der Waals surface area contributed by atoms with Gasteiger partial charge >= 0.3 is 5.97 Å². The molecule has 2 aromatic carbocycles. The normalized spacial score (nSPS) is 19.2. The molecular formula is C29H32N4O5S. The summed E-state index contributed by atoms with van der Waals surface area (Å²) in [5, 5.41) is 5.69. The Morgan fingerprint density at radius 1 is 1.10 bits per heavy atom. The fourth-order valence-electron chi connectivity index (χ4n) is 4.83. The largest absolute Gasteiger partial charge is 0.466 e. The van der Waals surface area contributed by atoms with E-state index in [1.54, 1.807) is 0 Å². The molecule has 3 aliphatic heterocycles. The first-order chi connectivity index (χ1) is 19.0. The lowest BCUT2D eigenvalue weighted by atomic mass is 9.93. The molecule has 0 saturated carbocycles. The van der Waals surface area contributed by atoms with Crippen molar-refractivity contribution < 1.29 is 23.8 Å². The van der Waals surface area contributed by atoms with E-state index < -0.39 is 12.0 Å². The van der Waals surface area contributed by atoms with E-state index in [0.717, 1.165) is 49.3 Å². The number of benzene rings is 2. The summed E-state index contributed by atoms with van der Waals surface area (Å²) in [5.74, 6) is 0.817. The highest BCUT2D eigenvalue weighted by Gasteiger charge is 2.41. The van der Waals surface area contributed by atoms with Crippen LogP contribution in [-0.2, 0) is 19.1 Å². The van der Waals surface area contributed by atoms with Crippen molar-refractivity contribution in [1.29, 1.82) is 0 Å². The summed E-state index contributed by atoms with van der Waals surface area (Å²) in [7, 11) is 1.37. The molecule has 1 amide bonds. The Morgan fingerprint density at radius 2 is 1.87 bits per heavy atom. The van der Waals surface area contributed by atoms with Crippen LogP contribution in [-0.4, -0.2) is 73.3 Å². The first kappa shape index (κ1) is 27.0. The predicted octanol–water partition coefficient (Wildman–Crippen LogP) is 4.07. The zero-order valence-corrected chi connectivity index (χ0v) is 22.9. The van der Waals surface area contributed by atoms with Gasteiger partial charge in [0.15, 0.2) is 5.17 Å². The van der Waals surface area contributed by atoms with E-state index >= 15 is 0 Å². The number of carbonyl (C=O) groups is 2. The number of thioether (sulfide) groups is 1. The maximum Gasteiger partial charge on any atom is 0.338 e. The lowest BCUT2D eigenvalue weighted by Gasteiger charge is -2.36. The number of nitrogens with zero attached hydrogens (tertiary/aromatic N) is 3. The highest BCUT2D eigenvalue weighted by Crippen LogP contribution is 2.45. The number of rotatable bonds is 9. The van der Waals surface area contributed by atoms with Crippen LogP contribution in [0.3, 0.4) is 0 Å². The molecular weight excluding hydrogens is 516 g/mol. The van der Waals surface area contributed by atoms with E-state index in [4.69, 9.17) is 19.2 Å². The molecule has 2 aromatic rings. The molecule has 9 nitrogen and oxygen atoms in total. The Bertz CT molecular complexity index is 1300. The van der Waals surface area contributed by atoms with Crippen molar-refractivity contribution in [2.45, 2.75) is 19.4 Å². The van der Waals surface area contributed by atoms with Gasteiger partial charge < -0.3 is 24.4 Å². The summed E-state index contributed by atoms with van der Waals surface area (Å²) in [6, 6.07) is 16.6. The summed E-state index contributed by atoms with van der Waals surface area (Å²) in [6.07, 6.45) is 0.166. The van der Waals surface area contributed by atoms with Gasteiger partial charge in [0.1, 0.15) is 11.5 Å². The third-order valence-electron chi connectivity index (χ3n) is 6.75. The molecule has 1 fully saturated rings. The average molecular weight is 549 g/mol. The van der Waals surface area contributed by atoms with Gasteiger partial charge in [-0.15, -0.1) is 0 Å². The topological polar surface area (TPSA) is 92.7 Å². The van der Waals surface area contributed by atoms with Crippen LogP contribution < -0.4 is 10.1 Å². The lowest BCUT2D eigenvalue weighted by Crippen LogP contribution is -2.42. The second kappa shape index (κ2) is 12.5. The van der Waals surface area contributed by atoms with Gasteiger partial charge in [-0.1, -0.05) is 42.1 Å². The van der Waals surface area contributed by atoms with Gasteiger partial charge in [-0.25, -0.2) is 9.79 Å². The second-order valence-corrected chi connectivity index (χ2v) is 10.2. The van der Waals surface area contributed by atoms with Crippen molar-refractivity contribution in [3.05, 3.63) is 82.5 Å². The molecule has 3 aliphatic rings. The highest BCUT2D eigenvalue weighted by molar-refractivity contribution is 8.16. The van der Waals surface area contributed by atoms with E-state index in [2.05, 4.69) is 10.2 Å². The maximum atomic E-state index is 13.0. The number of methoxy groups -OCH3 is 1. The first-order valence-electron chi connectivity index (χ1n) is 13.0. The van der Waals surface area contributed by atoms with Crippen LogP contribution in [0, 0.1) is 0 Å². The lowest BCUT2D eigenvalue weighted by molar-refractivity contribution is -0.136. The van der Waals surface area contributed by atoms with Crippen LogP contribution in [0.15, 0.2) is 82.0 Å². The van der Waals surface area contributed by atoms with Crippen molar-refractivity contribution in [1.82, 2.24) is 15.1 Å². The van der Waals surface area contributed by atoms with Gasteiger partial charge in [-0.3, -0.25) is 9.69 Å². The first-order valence-corrected chi connectivity index (χ1v) is 13.8. The molecule has 1 saturated heterocycles. The molecule has 0 bridgehead atoms. The number of carbonyl (C=O) groups excluding carboxylic acids is 2. The summed E-state index contributed by atoms with van der Waals surface area (Å²) in [5.41, 5.74) is 2.62. The number of hydrogen-bond acceptors (Lipinski definition) is 9. The van der Waals surface area contributed by atoms with E-state index in [-0.39, 0.29) is 12.3 Å². The second-order valence-electron chi connectivity index (χ2n) is 9.35. The monoisotopic (exact) mass is 548 g/mol. The summed E-state index contributed by atoms with van der Waals surface area (Å²) in [4.78, 5) is 34.9. The SMILES string of the molecule is COC(=O)C1=C(C)N=C2SC=C(CC(=O)NCCN3CCOCC3)N2[C@@H]1c1cccc(Oc2ccccc2)c1. The van der Waals surface area contributed by atoms with Crippen molar-refractivity contribution in [3.63, 3.8) is 0 Å². The fraction of sp³-hybridized carbons (Fsp3) is 0.345. The molecule has 5 rings (SSSR count). The number of allylic oxidation sites excluding steroid dienone is 1. The van der Waals surface area contributed by atoms with Crippen LogP contribution in [0.4, 0.5) is 0 Å². The van der Waals surface area contributed by atoms with Gasteiger partial charge in [0, 0.05) is 31.9 Å². The zero-order chi connectivity index (χ0) is 27.2. The molecule has 0 spiro atoms. The van der Waals surface area contributed by atoms with Crippen LogP contribution in [0.1, 0.15) is 24.9 Å². The van der Waals surface area contributed by atoms with Crippen molar-refractivity contribution in [2.24, 2.45) is 4.99 Å². The number of morpholine rings is 1. The Labute approximate surface area is 232 Å². The van der Waals surface area contributed by atoms with E-state index in [9.17, 15) is 9.59 Å². The Hall–Kier alpha value is -3.60. The molecule has 204 valence electrons. The van der Waals surface area contributed by atoms with Crippen LogP contribution in [0.2, 0.25) is 0 Å². The number of fused-ring (bicyclic) bond motifs is 1. The standard InChI is InChI=1S/C29H32N4O5S/c1-20-26(28(35)36-2)27(21-7-6-10-24(17-21)38-23-8-4-3-5-9-23)33-22(19-39-29(33)31-20)18-25(34)30-11-12-32-13-15-37-16-14-32/h3-10,17,19,27H,11-16,18H2,1-2H3,(H,30,34)/t27-/m1/s1. The zero-order valence-electron chi connectivity index (χ0n) is 22.1. The molecule has 0 aliphatic carbocycles. The molecule has 3 heterocycles. The fourth-order valence-corrected chi connectivity index (χ4v) is 5.80. The van der Waals surface area contributed by atoms with Crippen LogP contribution in [0.25, 0.3) is 0 Å². The number of nitrogens with one attached hydrogen (secondary N) is 1. The smallest absolute Gasteiger partial charge is 0.338 e. The van der Waals surface area contributed by atoms with Crippen LogP contribution in [0.5, 0.6) is 11.5 Å². The third kappa shape index (κ3) is 6.35. The van der Waals surface area contributed by atoms with Gasteiger partial charge in [0.25, 0.3) is 0 Å². The Balaban J connectivity index is 1.36. The molecule has 0 aromatic heterocycles. The van der Waals surface area contributed by atoms with Crippen molar-refractivity contribution in [2.75, 3.05) is 46.5 Å². The minimum atomic E-state index is -0.522. The number of hydrogen-bond donors (Lipinski definition) is 1. The minimum absolute atomic E-state index is 0.0813. The van der Waals surface area contributed by atoms with E-state index in [1.165, 1.54) is 18.9 Å². The van der Waals surface area contributed by atoms with Gasteiger partial charge in [0.05, 0.1) is 44.1 Å². The molecule has 0 unspecified atom stereocenters. The average Bonchev–Trinajstić information content (AvgIpc) is 3.34. The van der Waals surface area contributed by atoms with Crippen molar-refractivity contribution >= 4 is 28.8 Å². The molecule has 39 heavy (non-hydrogen) atoms. The molecule has 10 heteroatoms. The maximum absolute atomic E-state index is 13.0. The number of aliphatic imine (C=N–C) groups is 1. The highest BCUT2D eigenvalue weighted by atomic mass is 32.2. The van der Waals surface area contributed by atoms with E-state index in [0.29, 0.717) is 29.3 Å². The summed E-state index contributed by atoms with van der Waals surface area (Å²) < 4.78 is 16.6. The number of ether oxygens (including phenoxy) is 3. The van der Waals surface area contributed by atoms with Gasteiger partial charge in [-0.2, -0.15) is 0 Å². The quantitative estimate of drug-likeness (QED) is 0.469.